The average Bonchev–Trinajstić information content (AvgIpc) is 2.67. The Morgan fingerprint density at radius 3 is 2.19 bits per heavy atom. The molecule has 4 saturated carbocycles. The first-order valence-electron chi connectivity index (χ1n) is 9.90. The van der Waals surface area contributed by atoms with Crippen molar-refractivity contribution in [3.05, 3.63) is 18.2 Å². The Hall–Kier alpha value is -1.95. The van der Waals surface area contributed by atoms with E-state index in [1.165, 1.54) is 32.1 Å². The summed E-state index contributed by atoms with van der Waals surface area (Å²) in [4.78, 5) is 12.5. The molecule has 2 N–H and O–H groups in total. The molecule has 0 radical (unpaired) electrons. The van der Waals surface area contributed by atoms with E-state index in [0.717, 1.165) is 11.8 Å². The number of methoxy groups -OCH3 is 3. The minimum absolute atomic E-state index is 0.206. The van der Waals surface area contributed by atoms with Crippen LogP contribution in [0.3, 0.4) is 0 Å². The third-order valence-electron chi connectivity index (χ3n) is 7.07. The number of urea groups is 1. The zero-order valence-corrected chi connectivity index (χ0v) is 16.4. The molecule has 6 nitrogen and oxygen atoms in total. The van der Waals surface area contributed by atoms with E-state index in [4.69, 9.17) is 14.2 Å². The third kappa shape index (κ3) is 3.24. The fraction of sp³-hybridized carbons (Fsp3) is 0.667. The number of amides is 2. The molecule has 0 spiro atoms. The number of benzene rings is 1. The van der Waals surface area contributed by atoms with Gasteiger partial charge < -0.3 is 24.8 Å². The second-order valence-electron chi connectivity index (χ2n) is 8.34. The summed E-state index contributed by atoms with van der Waals surface area (Å²) in [6.07, 6.45) is 6.40. The van der Waals surface area contributed by atoms with Crippen LogP contribution in [-0.4, -0.2) is 39.5 Å². The van der Waals surface area contributed by atoms with Crippen LogP contribution in [0.1, 0.15) is 32.1 Å². The van der Waals surface area contributed by atoms with Gasteiger partial charge in [-0.2, -0.15) is 0 Å². The van der Waals surface area contributed by atoms with Crippen molar-refractivity contribution in [2.45, 2.75) is 37.7 Å². The minimum atomic E-state index is -0.215. The lowest BCUT2D eigenvalue weighted by atomic mass is 9.49. The lowest BCUT2D eigenvalue weighted by molar-refractivity contribution is -0.186. The number of carbonyl (C=O) groups excluding carboxylic acids is 1. The molecule has 0 unspecified atom stereocenters. The van der Waals surface area contributed by atoms with Crippen LogP contribution in [0.2, 0.25) is 0 Å². The van der Waals surface area contributed by atoms with Crippen molar-refractivity contribution in [1.29, 1.82) is 0 Å². The maximum absolute atomic E-state index is 12.5. The van der Waals surface area contributed by atoms with Gasteiger partial charge in [0.15, 0.2) is 11.5 Å². The van der Waals surface area contributed by atoms with Crippen molar-refractivity contribution in [2.24, 2.45) is 23.7 Å². The largest absolute Gasteiger partial charge is 0.493 e. The Morgan fingerprint density at radius 1 is 1.00 bits per heavy atom. The maximum atomic E-state index is 12.5. The highest BCUT2D eigenvalue weighted by molar-refractivity contribution is 5.89. The molecular formula is C21H30N2O4. The SMILES string of the molecule is COc1ccc(NC(=O)NCC2(OC)C3CC4CC(C3)CC2C4)cc1OC. The predicted octanol–water partition coefficient (Wildman–Crippen LogP) is 3.67. The first-order chi connectivity index (χ1) is 13.1. The Bertz CT molecular complexity index is 677. The van der Waals surface area contributed by atoms with Gasteiger partial charge in [0.25, 0.3) is 0 Å². The van der Waals surface area contributed by atoms with E-state index in [1.807, 2.05) is 7.11 Å². The highest BCUT2D eigenvalue weighted by atomic mass is 16.5. The van der Waals surface area contributed by atoms with E-state index in [0.29, 0.717) is 35.6 Å². The molecule has 0 aliphatic heterocycles. The second kappa shape index (κ2) is 7.23. The van der Waals surface area contributed by atoms with Crippen LogP contribution < -0.4 is 20.1 Å². The molecule has 0 saturated heterocycles. The molecule has 4 fully saturated rings. The smallest absolute Gasteiger partial charge is 0.319 e. The van der Waals surface area contributed by atoms with Crippen molar-refractivity contribution < 1.29 is 19.0 Å². The highest BCUT2D eigenvalue weighted by Crippen LogP contribution is 2.59. The Morgan fingerprint density at radius 2 is 1.63 bits per heavy atom. The second-order valence-corrected chi connectivity index (χ2v) is 8.34. The zero-order valence-electron chi connectivity index (χ0n) is 16.4. The number of ether oxygens (including phenoxy) is 3. The topological polar surface area (TPSA) is 68.8 Å². The molecule has 0 aromatic heterocycles. The quantitative estimate of drug-likeness (QED) is 0.797. The van der Waals surface area contributed by atoms with Crippen LogP contribution in [0.15, 0.2) is 18.2 Å². The molecule has 2 amide bonds. The molecule has 4 aliphatic carbocycles. The molecule has 1 aromatic rings. The van der Waals surface area contributed by atoms with Crippen LogP contribution in [-0.2, 0) is 4.74 Å². The van der Waals surface area contributed by atoms with Crippen LogP contribution in [0, 0.1) is 23.7 Å². The lowest BCUT2D eigenvalue weighted by Gasteiger charge is -2.60. The van der Waals surface area contributed by atoms with Gasteiger partial charge in [-0.1, -0.05) is 0 Å². The van der Waals surface area contributed by atoms with Gasteiger partial charge in [0, 0.05) is 25.4 Å². The van der Waals surface area contributed by atoms with Crippen molar-refractivity contribution in [2.75, 3.05) is 33.2 Å². The van der Waals surface area contributed by atoms with E-state index in [2.05, 4.69) is 10.6 Å². The van der Waals surface area contributed by atoms with E-state index in [9.17, 15) is 4.79 Å². The molecule has 6 heteroatoms. The fourth-order valence-corrected chi connectivity index (χ4v) is 5.98. The first kappa shape index (κ1) is 18.4. The molecule has 0 heterocycles. The van der Waals surface area contributed by atoms with Gasteiger partial charge in [-0.05, 0) is 67.9 Å². The predicted molar refractivity (Wildman–Crippen MR) is 103 cm³/mol. The monoisotopic (exact) mass is 374 g/mol. The summed E-state index contributed by atoms with van der Waals surface area (Å²) in [5.41, 5.74) is 0.462. The van der Waals surface area contributed by atoms with E-state index in [1.54, 1.807) is 32.4 Å². The van der Waals surface area contributed by atoms with Crippen LogP contribution in [0.5, 0.6) is 11.5 Å². The van der Waals surface area contributed by atoms with E-state index >= 15 is 0 Å². The van der Waals surface area contributed by atoms with Crippen molar-refractivity contribution in [1.82, 2.24) is 5.32 Å². The molecular weight excluding hydrogens is 344 g/mol. The molecule has 4 bridgehead atoms. The van der Waals surface area contributed by atoms with Gasteiger partial charge in [0.2, 0.25) is 0 Å². The summed E-state index contributed by atoms with van der Waals surface area (Å²) in [7, 11) is 4.99. The number of anilines is 1. The van der Waals surface area contributed by atoms with Gasteiger partial charge >= 0.3 is 6.03 Å². The molecule has 1 aromatic carbocycles. The third-order valence-corrected chi connectivity index (χ3v) is 7.07. The Balaban J connectivity index is 1.40. The van der Waals surface area contributed by atoms with E-state index in [-0.39, 0.29) is 11.6 Å². The lowest BCUT2D eigenvalue weighted by Crippen LogP contribution is -2.63. The summed E-state index contributed by atoms with van der Waals surface area (Å²) in [6, 6.07) is 5.12. The Labute approximate surface area is 160 Å². The highest BCUT2D eigenvalue weighted by Gasteiger charge is 2.57. The minimum Gasteiger partial charge on any atom is -0.493 e. The average molecular weight is 374 g/mol. The Kier molecular flexibility index (Phi) is 4.93. The molecule has 5 rings (SSSR count). The van der Waals surface area contributed by atoms with Crippen LogP contribution in [0.25, 0.3) is 0 Å². The fourth-order valence-electron chi connectivity index (χ4n) is 5.98. The zero-order chi connectivity index (χ0) is 19.0. The van der Waals surface area contributed by atoms with Gasteiger partial charge in [0.1, 0.15) is 0 Å². The maximum Gasteiger partial charge on any atom is 0.319 e. The summed E-state index contributed by atoms with van der Waals surface area (Å²) in [5.74, 6) is 4.10. The number of carbonyl (C=O) groups is 1. The molecule has 27 heavy (non-hydrogen) atoms. The summed E-state index contributed by atoms with van der Waals surface area (Å²) in [6.45, 7) is 0.567. The van der Waals surface area contributed by atoms with E-state index < -0.39 is 0 Å². The summed E-state index contributed by atoms with van der Waals surface area (Å²) < 4.78 is 16.6. The van der Waals surface area contributed by atoms with Gasteiger partial charge in [-0.3, -0.25) is 0 Å². The van der Waals surface area contributed by atoms with Gasteiger partial charge in [-0.15, -0.1) is 0 Å². The summed E-state index contributed by atoms with van der Waals surface area (Å²) in [5, 5.41) is 5.96. The molecule has 148 valence electrons. The van der Waals surface area contributed by atoms with Gasteiger partial charge in [0.05, 0.1) is 19.8 Å². The van der Waals surface area contributed by atoms with Crippen LogP contribution >= 0.6 is 0 Å². The molecule has 4 aliphatic rings. The van der Waals surface area contributed by atoms with Gasteiger partial charge in [-0.25, -0.2) is 4.79 Å². The molecule has 0 atom stereocenters. The van der Waals surface area contributed by atoms with Crippen molar-refractivity contribution in [3.63, 3.8) is 0 Å². The van der Waals surface area contributed by atoms with Crippen LogP contribution in [0.4, 0.5) is 10.5 Å². The van der Waals surface area contributed by atoms with Crippen molar-refractivity contribution in [3.8, 4) is 11.5 Å². The number of nitrogens with one attached hydrogen (secondary N) is 2. The summed E-state index contributed by atoms with van der Waals surface area (Å²) >= 11 is 0. The standard InChI is InChI=1S/C21H30N2O4/c1-25-18-5-4-17(11-19(18)26-2)23-20(24)22-12-21(27-3)15-7-13-6-14(9-15)10-16(21)8-13/h4-5,11,13-16H,6-10,12H2,1-3H3,(H2,22,23,24). The normalized spacial score (nSPS) is 33.6. The first-order valence-corrected chi connectivity index (χ1v) is 9.90. The number of hydrogen-bond acceptors (Lipinski definition) is 4. The number of rotatable bonds is 6. The number of hydrogen-bond donors (Lipinski definition) is 2. The van der Waals surface area contributed by atoms with Crippen molar-refractivity contribution >= 4 is 11.7 Å².